The second-order valence-corrected chi connectivity index (χ2v) is 5.51. The quantitative estimate of drug-likeness (QED) is 0.879. The van der Waals surface area contributed by atoms with Gasteiger partial charge >= 0.3 is 0 Å². The van der Waals surface area contributed by atoms with Gasteiger partial charge in [-0.3, -0.25) is 4.98 Å². The molecule has 0 fully saturated rings. The van der Waals surface area contributed by atoms with E-state index in [0.29, 0.717) is 10.7 Å². The van der Waals surface area contributed by atoms with Crippen molar-refractivity contribution in [3.63, 3.8) is 0 Å². The number of aromatic nitrogens is 1. The maximum absolute atomic E-state index is 5.65. The molecule has 0 aliphatic carbocycles. The molecule has 0 radical (unpaired) electrons. The summed E-state index contributed by atoms with van der Waals surface area (Å²) >= 11 is 4.99. The van der Waals surface area contributed by atoms with Crippen molar-refractivity contribution in [3.8, 4) is 0 Å². The Bertz CT molecular complexity index is 639. The molecule has 0 saturated carbocycles. The Hall–Kier alpha value is -1.94. The van der Waals surface area contributed by atoms with Gasteiger partial charge in [0, 0.05) is 25.0 Å². The second-order valence-electron chi connectivity index (χ2n) is 5.07. The molecule has 4 heteroatoms. The van der Waals surface area contributed by atoms with E-state index in [9.17, 15) is 0 Å². The standard InChI is InChI=1S/C16H17N3S/c17-16(20)14-10-12(7-8-18-14)11-19-9-3-5-13-4-1-2-6-15(13)19/h1-2,4,6-8,10H,3,5,9,11H2,(H2,17,20). The van der Waals surface area contributed by atoms with Gasteiger partial charge in [-0.25, -0.2) is 0 Å². The van der Waals surface area contributed by atoms with Gasteiger partial charge in [-0.1, -0.05) is 30.4 Å². The van der Waals surface area contributed by atoms with Crippen LogP contribution in [0.5, 0.6) is 0 Å². The monoisotopic (exact) mass is 283 g/mol. The van der Waals surface area contributed by atoms with Crippen LogP contribution in [0.15, 0.2) is 42.6 Å². The highest BCUT2D eigenvalue weighted by atomic mass is 32.1. The zero-order valence-corrected chi connectivity index (χ0v) is 12.1. The van der Waals surface area contributed by atoms with Gasteiger partial charge in [0.1, 0.15) is 4.99 Å². The number of nitrogens with zero attached hydrogens (tertiary/aromatic N) is 2. The van der Waals surface area contributed by atoms with Crippen molar-refractivity contribution in [2.45, 2.75) is 19.4 Å². The van der Waals surface area contributed by atoms with Crippen LogP contribution >= 0.6 is 12.2 Å². The second kappa shape index (κ2) is 5.59. The van der Waals surface area contributed by atoms with Crippen LogP contribution in [-0.4, -0.2) is 16.5 Å². The van der Waals surface area contributed by atoms with E-state index in [2.05, 4.69) is 34.1 Å². The van der Waals surface area contributed by atoms with Gasteiger partial charge in [0.05, 0.1) is 5.69 Å². The van der Waals surface area contributed by atoms with E-state index in [1.807, 2.05) is 12.1 Å². The highest BCUT2D eigenvalue weighted by molar-refractivity contribution is 7.80. The average Bonchev–Trinajstić information content (AvgIpc) is 2.48. The molecule has 0 unspecified atom stereocenters. The van der Waals surface area contributed by atoms with E-state index < -0.39 is 0 Å². The number of nitrogens with two attached hydrogens (primary N) is 1. The third kappa shape index (κ3) is 2.65. The van der Waals surface area contributed by atoms with Crippen LogP contribution < -0.4 is 10.6 Å². The fraction of sp³-hybridized carbons (Fsp3) is 0.250. The molecule has 2 heterocycles. The van der Waals surface area contributed by atoms with Crippen molar-refractivity contribution < 1.29 is 0 Å². The Morgan fingerprint density at radius 2 is 2.15 bits per heavy atom. The number of hydrogen-bond donors (Lipinski definition) is 1. The average molecular weight is 283 g/mol. The maximum atomic E-state index is 5.65. The molecule has 0 spiro atoms. The van der Waals surface area contributed by atoms with E-state index >= 15 is 0 Å². The highest BCUT2D eigenvalue weighted by Crippen LogP contribution is 2.27. The van der Waals surface area contributed by atoms with Crippen LogP contribution in [0.3, 0.4) is 0 Å². The van der Waals surface area contributed by atoms with E-state index in [1.54, 1.807) is 6.20 Å². The molecule has 0 saturated heterocycles. The molecule has 2 aromatic rings. The van der Waals surface area contributed by atoms with E-state index in [1.165, 1.54) is 29.7 Å². The number of rotatable bonds is 3. The minimum atomic E-state index is 0.353. The van der Waals surface area contributed by atoms with Crippen molar-refractivity contribution in [2.75, 3.05) is 11.4 Å². The molecule has 0 amide bonds. The smallest absolute Gasteiger partial charge is 0.122 e. The highest BCUT2D eigenvalue weighted by Gasteiger charge is 2.16. The molecule has 20 heavy (non-hydrogen) atoms. The summed E-state index contributed by atoms with van der Waals surface area (Å²) in [5.74, 6) is 0. The number of fused-ring (bicyclic) bond motifs is 1. The summed E-state index contributed by atoms with van der Waals surface area (Å²) in [6.07, 6.45) is 4.14. The van der Waals surface area contributed by atoms with Gasteiger partial charge in [-0.05, 0) is 42.2 Å². The van der Waals surface area contributed by atoms with Crippen molar-refractivity contribution in [1.82, 2.24) is 4.98 Å². The molecule has 1 aromatic carbocycles. The number of hydrogen-bond acceptors (Lipinski definition) is 3. The molecule has 3 rings (SSSR count). The van der Waals surface area contributed by atoms with Crippen molar-refractivity contribution in [2.24, 2.45) is 5.73 Å². The first-order valence-electron chi connectivity index (χ1n) is 6.81. The largest absolute Gasteiger partial charge is 0.388 e. The molecule has 1 aliphatic rings. The van der Waals surface area contributed by atoms with Gasteiger partial charge in [0.25, 0.3) is 0 Å². The molecule has 2 N–H and O–H groups in total. The molecule has 1 aliphatic heterocycles. The van der Waals surface area contributed by atoms with Crippen LogP contribution in [0.2, 0.25) is 0 Å². The van der Waals surface area contributed by atoms with Crippen molar-refractivity contribution >= 4 is 22.9 Å². The molecule has 1 aromatic heterocycles. The number of thiocarbonyl (C=S) groups is 1. The minimum absolute atomic E-state index is 0.353. The molecule has 3 nitrogen and oxygen atoms in total. The summed E-state index contributed by atoms with van der Waals surface area (Å²) in [5, 5.41) is 0. The topological polar surface area (TPSA) is 42.1 Å². The lowest BCUT2D eigenvalue weighted by molar-refractivity contribution is 0.691. The Morgan fingerprint density at radius 3 is 3.00 bits per heavy atom. The molecular formula is C16H17N3S. The van der Waals surface area contributed by atoms with Gasteiger partial charge in [-0.15, -0.1) is 0 Å². The minimum Gasteiger partial charge on any atom is -0.388 e. The van der Waals surface area contributed by atoms with Gasteiger partial charge < -0.3 is 10.6 Å². The van der Waals surface area contributed by atoms with Gasteiger partial charge in [0.2, 0.25) is 0 Å². The molecular weight excluding hydrogens is 266 g/mol. The zero-order chi connectivity index (χ0) is 13.9. The summed E-state index contributed by atoms with van der Waals surface area (Å²) < 4.78 is 0. The normalized spacial score (nSPS) is 13.9. The fourth-order valence-corrected chi connectivity index (χ4v) is 2.82. The number of anilines is 1. The summed E-state index contributed by atoms with van der Waals surface area (Å²) in [6.45, 7) is 1.96. The molecule has 0 atom stereocenters. The van der Waals surface area contributed by atoms with Crippen LogP contribution in [0.1, 0.15) is 23.2 Å². The first-order valence-corrected chi connectivity index (χ1v) is 7.22. The number of benzene rings is 1. The van der Waals surface area contributed by atoms with Gasteiger partial charge in [0.15, 0.2) is 0 Å². The Labute approximate surface area is 124 Å². The first-order chi connectivity index (χ1) is 9.74. The van der Waals surface area contributed by atoms with Crippen LogP contribution in [0, 0.1) is 0 Å². The summed E-state index contributed by atoms with van der Waals surface area (Å²) in [5.41, 5.74) is 10.3. The van der Waals surface area contributed by atoms with Crippen LogP contribution in [0.4, 0.5) is 5.69 Å². The lowest BCUT2D eigenvalue weighted by atomic mass is 10.0. The summed E-state index contributed by atoms with van der Waals surface area (Å²) in [7, 11) is 0. The Balaban J connectivity index is 1.85. The molecule has 0 bridgehead atoms. The summed E-state index contributed by atoms with van der Waals surface area (Å²) in [6, 6.07) is 12.6. The van der Waals surface area contributed by atoms with Crippen LogP contribution in [-0.2, 0) is 13.0 Å². The first kappa shape index (κ1) is 13.1. The Kier molecular flexibility index (Phi) is 3.65. The zero-order valence-electron chi connectivity index (χ0n) is 11.2. The number of para-hydroxylation sites is 1. The predicted octanol–water partition coefficient (Wildman–Crippen LogP) is 2.67. The maximum Gasteiger partial charge on any atom is 0.122 e. The van der Waals surface area contributed by atoms with E-state index in [4.69, 9.17) is 18.0 Å². The third-order valence-electron chi connectivity index (χ3n) is 3.66. The molecule has 102 valence electrons. The summed E-state index contributed by atoms with van der Waals surface area (Å²) in [4.78, 5) is 6.96. The lowest BCUT2D eigenvalue weighted by Gasteiger charge is -2.31. The van der Waals surface area contributed by atoms with Gasteiger partial charge in [-0.2, -0.15) is 0 Å². The number of pyridine rings is 1. The third-order valence-corrected chi connectivity index (χ3v) is 3.87. The predicted molar refractivity (Wildman–Crippen MR) is 85.9 cm³/mol. The van der Waals surface area contributed by atoms with Crippen LogP contribution in [0.25, 0.3) is 0 Å². The van der Waals surface area contributed by atoms with Crippen molar-refractivity contribution in [3.05, 3.63) is 59.4 Å². The fourth-order valence-electron chi connectivity index (χ4n) is 2.70. The SMILES string of the molecule is NC(=S)c1cc(CN2CCCc3ccccc32)ccn1. The van der Waals surface area contributed by atoms with E-state index in [0.717, 1.165) is 13.1 Å². The van der Waals surface area contributed by atoms with Crippen molar-refractivity contribution in [1.29, 1.82) is 0 Å². The van der Waals surface area contributed by atoms with E-state index in [-0.39, 0.29) is 0 Å². The number of aryl methyl sites for hydroxylation is 1. The lowest BCUT2D eigenvalue weighted by Crippen LogP contribution is -2.28. The Morgan fingerprint density at radius 1 is 1.30 bits per heavy atom.